The SMILES string of the molecule is O=C(NC1CC1)c1ccc(N2CCC(NCc3ccc(Cl)cc3)C2)nc1. The fourth-order valence-electron chi connectivity index (χ4n) is 3.20. The number of hydrogen-bond donors (Lipinski definition) is 2. The molecule has 0 radical (unpaired) electrons. The van der Waals surface area contributed by atoms with Gasteiger partial charge in [0.15, 0.2) is 0 Å². The van der Waals surface area contributed by atoms with Crippen LogP contribution in [0.2, 0.25) is 5.02 Å². The van der Waals surface area contributed by atoms with Gasteiger partial charge in [0.05, 0.1) is 5.56 Å². The topological polar surface area (TPSA) is 57.3 Å². The van der Waals surface area contributed by atoms with Gasteiger partial charge in [-0.25, -0.2) is 4.98 Å². The van der Waals surface area contributed by atoms with E-state index in [-0.39, 0.29) is 5.91 Å². The molecular formula is C20H23ClN4O. The summed E-state index contributed by atoms with van der Waals surface area (Å²) in [7, 11) is 0. The zero-order chi connectivity index (χ0) is 17.9. The third-order valence-electron chi connectivity index (χ3n) is 4.94. The Labute approximate surface area is 158 Å². The van der Waals surface area contributed by atoms with Gasteiger partial charge in [-0.1, -0.05) is 23.7 Å². The molecule has 4 rings (SSSR count). The number of carbonyl (C=O) groups is 1. The number of nitrogens with zero attached hydrogens (tertiary/aromatic N) is 2. The Balaban J connectivity index is 1.28. The summed E-state index contributed by atoms with van der Waals surface area (Å²) < 4.78 is 0. The number of amides is 1. The molecule has 2 fully saturated rings. The molecular weight excluding hydrogens is 348 g/mol. The molecule has 1 saturated carbocycles. The third kappa shape index (κ3) is 4.34. The molecule has 0 bridgehead atoms. The molecule has 1 aliphatic carbocycles. The van der Waals surface area contributed by atoms with Crippen LogP contribution in [0.15, 0.2) is 42.6 Å². The monoisotopic (exact) mass is 370 g/mol. The van der Waals surface area contributed by atoms with Crippen LogP contribution in [0.25, 0.3) is 0 Å². The summed E-state index contributed by atoms with van der Waals surface area (Å²) in [5.41, 5.74) is 1.87. The molecule has 1 amide bonds. The standard InChI is InChI=1S/C20H23ClN4O/c21-16-4-1-14(2-5-16)11-22-18-9-10-25(13-18)19-8-3-15(12-23-19)20(26)24-17-6-7-17/h1-5,8,12,17-18,22H,6-7,9-11,13H2,(H,24,26). The maximum atomic E-state index is 12.0. The largest absolute Gasteiger partial charge is 0.355 e. The van der Waals surface area contributed by atoms with Gasteiger partial charge in [0.25, 0.3) is 5.91 Å². The first-order chi connectivity index (χ1) is 12.7. The molecule has 2 aliphatic rings. The maximum absolute atomic E-state index is 12.0. The predicted octanol–water partition coefficient (Wildman–Crippen LogP) is 3.00. The Morgan fingerprint density at radius 2 is 1.92 bits per heavy atom. The summed E-state index contributed by atoms with van der Waals surface area (Å²) in [6.45, 7) is 2.73. The van der Waals surface area contributed by atoms with Crippen LogP contribution in [0.1, 0.15) is 35.2 Å². The van der Waals surface area contributed by atoms with E-state index in [1.807, 2.05) is 24.3 Å². The van der Waals surface area contributed by atoms with Crippen LogP contribution in [0.4, 0.5) is 5.82 Å². The first-order valence-electron chi connectivity index (χ1n) is 9.17. The highest BCUT2D eigenvalue weighted by Crippen LogP contribution is 2.21. The molecule has 1 aromatic carbocycles. The molecule has 1 aromatic heterocycles. The third-order valence-corrected chi connectivity index (χ3v) is 5.19. The van der Waals surface area contributed by atoms with Crippen molar-refractivity contribution >= 4 is 23.3 Å². The molecule has 5 nitrogen and oxygen atoms in total. The van der Waals surface area contributed by atoms with Crippen LogP contribution in [-0.2, 0) is 6.54 Å². The van der Waals surface area contributed by atoms with Crippen molar-refractivity contribution in [2.75, 3.05) is 18.0 Å². The van der Waals surface area contributed by atoms with E-state index in [4.69, 9.17) is 11.6 Å². The van der Waals surface area contributed by atoms with Gasteiger partial charge in [-0.05, 0) is 49.1 Å². The zero-order valence-corrected chi connectivity index (χ0v) is 15.4. The van der Waals surface area contributed by atoms with Crippen LogP contribution >= 0.6 is 11.6 Å². The van der Waals surface area contributed by atoms with E-state index in [9.17, 15) is 4.79 Å². The second kappa shape index (κ2) is 7.64. The zero-order valence-electron chi connectivity index (χ0n) is 14.6. The molecule has 6 heteroatoms. The summed E-state index contributed by atoms with van der Waals surface area (Å²) in [6, 6.07) is 12.6. The van der Waals surface area contributed by atoms with Crippen LogP contribution in [0.3, 0.4) is 0 Å². The van der Waals surface area contributed by atoms with Gasteiger partial charge in [-0.2, -0.15) is 0 Å². The van der Waals surface area contributed by atoms with Crippen LogP contribution in [-0.4, -0.2) is 36.1 Å². The van der Waals surface area contributed by atoms with Gasteiger partial charge in [0.2, 0.25) is 0 Å². The summed E-state index contributed by atoms with van der Waals surface area (Å²) in [6.07, 6.45) is 4.95. The maximum Gasteiger partial charge on any atom is 0.253 e. The molecule has 136 valence electrons. The predicted molar refractivity (Wildman–Crippen MR) is 104 cm³/mol. The lowest BCUT2D eigenvalue weighted by molar-refractivity contribution is 0.0950. The quantitative estimate of drug-likeness (QED) is 0.820. The lowest BCUT2D eigenvalue weighted by Crippen LogP contribution is -2.32. The first kappa shape index (κ1) is 17.3. The summed E-state index contributed by atoms with van der Waals surface area (Å²) in [5, 5.41) is 7.35. The summed E-state index contributed by atoms with van der Waals surface area (Å²) in [4.78, 5) is 18.8. The summed E-state index contributed by atoms with van der Waals surface area (Å²) in [5.74, 6) is 0.916. The highest BCUT2D eigenvalue weighted by molar-refractivity contribution is 6.30. The van der Waals surface area contributed by atoms with Crippen molar-refractivity contribution in [1.29, 1.82) is 0 Å². The van der Waals surface area contributed by atoms with Crippen molar-refractivity contribution in [2.45, 2.75) is 37.9 Å². The molecule has 2 aromatic rings. The molecule has 0 spiro atoms. The Hall–Kier alpha value is -2.11. The lowest BCUT2D eigenvalue weighted by atomic mass is 10.2. The smallest absolute Gasteiger partial charge is 0.253 e. The Morgan fingerprint density at radius 3 is 2.62 bits per heavy atom. The molecule has 1 unspecified atom stereocenters. The Kier molecular flexibility index (Phi) is 5.09. The summed E-state index contributed by atoms with van der Waals surface area (Å²) >= 11 is 5.93. The highest BCUT2D eigenvalue weighted by Gasteiger charge is 2.25. The van der Waals surface area contributed by atoms with Crippen molar-refractivity contribution in [3.05, 3.63) is 58.7 Å². The van der Waals surface area contributed by atoms with Gasteiger partial charge in [-0.3, -0.25) is 4.79 Å². The van der Waals surface area contributed by atoms with E-state index >= 15 is 0 Å². The van der Waals surface area contributed by atoms with Crippen LogP contribution in [0.5, 0.6) is 0 Å². The molecule has 1 aliphatic heterocycles. The Morgan fingerprint density at radius 1 is 1.12 bits per heavy atom. The van der Waals surface area contributed by atoms with Gasteiger partial charge in [0.1, 0.15) is 5.82 Å². The van der Waals surface area contributed by atoms with Gasteiger partial charge < -0.3 is 15.5 Å². The normalized spacial score (nSPS) is 19.6. The van der Waals surface area contributed by atoms with Crippen molar-refractivity contribution in [1.82, 2.24) is 15.6 Å². The van der Waals surface area contributed by atoms with Crippen molar-refractivity contribution in [3.8, 4) is 0 Å². The minimum atomic E-state index is -0.0181. The van der Waals surface area contributed by atoms with E-state index in [1.54, 1.807) is 6.20 Å². The van der Waals surface area contributed by atoms with Gasteiger partial charge in [0, 0.05) is 42.9 Å². The van der Waals surface area contributed by atoms with E-state index in [2.05, 4.69) is 32.7 Å². The van der Waals surface area contributed by atoms with Gasteiger partial charge >= 0.3 is 0 Å². The first-order valence-corrected chi connectivity index (χ1v) is 9.55. The number of hydrogen-bond acceptors (Lipinski definition) is 4. The number of nitrogens with one attached hydrogen (secondary N) is 2. The number of pyridine rings is 1. The lowest BCUT2D eigenvalue weighted by Gasteiger charge is -2.18. The minimum Gasteiger partial charge on any atom is -0.355 e. The molecule has 1 atom stereocenters. The van der Waals surface area contributed by atoms with E-state index in [0.717, 1.165) is 49.7 Å². The fourth-order valence-corrected chi connectivity index (χ4v) is 3.33. The van der Waals surface area contributed by atoms with Crippen molar-refractivity contribution in [2.24, 2.45) is 0 Å². The van der Waals surface area contributed by atoms with Crippen molar-refractivity contribution in [3.63, 3.8) is 0 Å². The number of carbonyl (C=O) groups excluding carboxylic acids is 1. The van der Waals surface area contributed by atoms with E-state index in [0.29, 0.717) is 17.6 Å². The van der Waals surface area contributed by atoms with Crippen LogP contribution < -0.4 is 15.5 Å². The second-order valence-electron chi connectivity index (χ2n) is 7.09. The Bertz CT molecular complexity index is 758. The molecule has 2 heterocycles. The van der Waals surface area contributed by atoms with Crippen molar-refractivity contribution < 1.29 is 4.79 Å². The number of benzene rings is 1. The molecule has 26 heavy (non-hydrogen) atoms. The average Bonchev–Trinajstić information content (AvgIpc) is 3.35. The molecule has 2 N–H and O–H groups in total. The fraction of sp³-hybridized carbons (Fsp3) is 0.400. The van der Waals surface area contributed by atoms with E-state index in [1.165, 1.54) is 5.56 Å². The second-order valence-corrected chi connectivity index (χ2v) is 7.53. The van der Waals surface area contributed by atoms with Gasteiger partial charge in [-0.15, -0.1) is 0 Å². The number of anilines is 1. The van der Waals surface area contributed by atoms with Crippen LogP contribution in [0, 0.1) is 0 Å². The number of halogens is 1. The molecule has 1 saturated heterocycles. The average molecular weight is 371 g/mol. The number of rotatable bonds is 6. The van der Waals surface area contributed by atoms with E-state index < -0.39 is 0 Å². The highest BCUT2D eigenvalue weighted by atomic mass is 35.5. The minimum absolute atomic E-state index is 0.0181. The number of aromatic nitrogens is 1.